The summed E-state index contributed by atoms with van der Waals surface area (Å²) >= 11 is 0. The molecule has 0 bridgehead atoms. The number of aryl methyl sites for hydroxylation is 1. The van der Waals surface area contributed by atoms with Gasteiger partial charge in [0.1, 0.15) is 12.5 Å². The Morgan fingerprint density at radius 3 is 2.34 bits per heavy atom. The van der Waals surface area contributed by atoms with E-state index in [2.05, 4.69) is 134 Å². The minimum absolute atomic E-state index is 0. The van der Waals surface area contributed by atoms with Gasteiger partial charge in [-0.25, -0.2) is 0 Å². The predicted molar refractivity (Wildman–Crippen MR) is 193 cm³/mol. The van der Waals surface area contributed by atoms with E-state index in [0.29, 0.717) is 24.3 Å². The Bertz CT molecular complexity index is 1920. The predicted octanol–water partition coefficient (Wildman–Crippen LogP) is 10.9. The normalized spacial score (nSPS) is 16.6. The minimum Gasteiger partial charge on any atom is -0.518 e. The van der Waals surface area contributed by atoms with Crippen LogP contribution in [0.2, 0.25) is 0 Å². The van der Waals surface area contributed by atoms with E-state index in [9.17, 15) is 0 Å². The molecule has 1 aliphatic rings. The van der Waals surface area contributed by atoms with E-state index in [0.717, 1.165) is 59.2 Å². The first-order chi connectivity index (χ1) is 21.9. The van der Waals surface area contributed by atoms with E-state index >= 15 is 0 Å². The van der Waals surface area contributed by atoms with Crippen molar-refractivity contribution in [3.05, 3.63) is 95.2 Å². The number of benzene rings is 3. The number of rotatable bonds is 9. The van der Waals surface area contributed by atoms with Gasteiger partial charge in [0.15, 0.2) is 0 Å². The van der Waals surface area contributed by atoms with Crippen molar-refractivity contribution in [2.45, 2.75) is 105 Å². The summed E-state index contributed by atoms with van der Waals surface area (Å²) in [7, 11) is 0. The van der Waals surface area contributed by atoms with Crippen LogP contribution in [0.4, 0.5) is 0 Å². The fourth-order valence-corrected chi connectivity index (χ4v) is 6.97. The third-order valence-electron chi connectivity index (χ3n) is 9.76. The average molecular weight is 807 g/mol. The number of fused-ring (bicyclic) bond motifs is 3. The largest absolute Gasteiger partial charge is 2.00 e. The zero-order valence-electron chi connectivity index (χ0n) is 29.5. The van der Waals surface area contributed by atoms with Gasteiger partial charge < -0.3 is 14.3 Å². The topological polar surface area (TPSA) is 39.4 Å². The zero-order valence-corrected chi connectivity index (χ0v) is 31.8. The van der Waals surface area contributed by atoms with Gasteiger partial charge in [-0.05, 0) is 83.9 Å². The molecule has 3 aromatic carbocycles. The smallest absolute Gasteiger partial charge is 0.518 e. The van der Waals surface area contributed by atoms with Crippen molar-refractivity contribution in [1.82, 2.24) is 9.55 Å². The summed E-state index contributed by atoms with van der Waals surface area (Å²) in [6.07, 6.45) is 6.56. The molecule has 47 heavy (non-hydrogen) atoms. The van der Waals surface area contributed by atoms with Crippen molar-refractivity contribution in [1.29, 1.82) is 0 Å². The van der Waals surface area contributed by atoms with Crippen molar-refractivity contribution in [3.63, 3.8) is 0 Å². The summed E-state index contributed by atoms with van der Waals surface area (Å²) in [6.45, 7) is 20.8. The second kappa shape index (κ2) is 13.7. The second-order valence-electron chi connectivity index (χ2n) is 14.9. The molecule has 6 rings (SSSR count). The van der Waals surface area contributed by atoms with E-state index in [-0.39, 0.29) is 32.0 Å². The van der Waals surface area contributed by atoms with E-state index in [1.54, 1.807) is 0 Å². The van der Waals surface area contributed by atoms with Crippen molar-refractivity contribution in [3.8, 4) is 16.9 Å². The average Bonchev–Trinajstić information content (AvgIpc) is 3.58. The molecule has 0 fully saturated rings. The SMILES string of the molecule is CCCC(CCC)[C@]1(C)COC(c2[c-]c(-n3c4[c-]c(-c5cc(C(C)(C)C)ccn5)ccc4c4cc(C)ccc43)cc(C(C)C)c2)=N1.[Pt+2]. The summed E-state index contributed by atoms with van der Waals surface area (Å²) in [5.41, 5.74) is 9.53. The molecular weight excluding hydrogens is 758 g/mol. The Morgan fingerprint density at radius 1 is 0.915 bits per heavy atom. The van der Waals surface area contributed by atoms with Crippen LogP contribution in [0.1, 0.15) is 109 Å². The molecule has 0 unspecified atom stereocenters. The van der Waals surface area contributed by atoms with Crippen LogP contribution in [0.25, 0.3) is 38.8 Å². The Morgan fingerprint density at radius 2 is 1.66 bits per heavy atom. The van der Waals surface area contributed by atoms with Crippen LogP contribution < -0.4 is 0 Å². The van der Waals surface area contributed by atoms with Crippen LogP contribution in [0.15, 0.2) is 65.8 Å². The van der Waals surface area contributed by atoms with Crippen LogP contribution >= 0.6 is 0 Å². The minimum atomic E-state index is -0.217. The zero-order chi connectivity index (χ0) is 32.8. The fourth-order valence-electron chi connectivity index (χ4n) is 6.97. The standard InChI is InChI=1S/C42H49N3O.Pt/c1-10-12-32(13-11-2)42(9)26-46-40(44-42)31-21-30(27(3)4)22-34(23-31)45-38-17-14-28(5)20-36(38)35-16-15-29(24-39(35)45)37-25-33(18-19-43-37)41(6,7)8;/h14-22,25,27,32H,10-13,26H2,1-9H3;/q-2;+2/t42-;/m0./s1. The summed E-state index contributed by atoms with van der Waals surface area (Å²) in [5, 5.41) is 2.38. The Kier molecular flexibility index (Phi) is 10.2. The van der Waals surface area contributed by atoms with E-state index < -0.39 is 0 Å². The summed E-state index contributed by atoms with van der Waals surface area (Å²) < 4.78 is 8.76. The second-order valence-corrected chi connectivity index (χ2v) is 14.9. The maximum Gasteiger partial charge on any atom is 2.00 e. The van der Waals surface area contributed by atoms with Crippen LogP contribution in [0, 0.1) is 25.0 Å². The molecule has 5 heteroatoms. The van der Waals surface area contributed by atoms with Crippen LogP contribution in [-0.4, -0.2) is 27.6 Å². The molecule has 0 saturated carbocycles. The third kappa shape index (κ3) is 6.86. The molecule has 5 aromatic rings. The molecule has 1 atom stereocenters. The van der Waals surface area contributed by atoms with Gasteiger partial charge >= 0.3 is 21.1 Å². The first kappa shape index (κ1) is 35.1. The van der Waals surface area contributed by atoms with Gasteiger partial charge in [0.2, 0.25) is 0 Å². The molecule has 3 heterocycles. The Balaban J connectivity index is 0.00000433. The number of ether oxygens (including phenoxy) is 1. The number of pyridine rings is 1. The van der Waals surface area contributed by atoms with Gasteiger partial charge in [-0.15, -0.1) is 47.5 Å². The van der Waals surface area contributed by atoms with Crippen molar-refractivity contribution < 1.29 is 25.8 Å². The maximum atomic E-state index is 6.44. The molecular formula is C42H49N3OPt. The number of hydrogen-bond acceptors (Lipinski definition) is 3. The number of hydrogen-bond donors (Lipinski definition) is 0. The molecule has 0 radical (unpaired) electrons. The molecule has 1 aliphatic heterocycles. The van der Waals surface area contributed by atoms with Gasteiger partial charge in [0.25, 0.3) is 0 Å². The third-order valence-corrected chi connectivity index (χ3v) is 9.76. The van der Waals surface area contributed by atoms with Crippen LogP contribution in [-0.2, 0) is 31.2 Å². The molecule has 0 N–H and O–H groups in total. The Labute approximate surface area is 296 Å². The van der Waals surface area contributed by atoms with Crippen molar-refractivity contribution in [2.24, 2.45) is 10.9 Å². The van der Waals surface area contributed by atoms with Crippen molar-refractivity contribution in [2.75, 3.05) is 6.61 Å². The van der Waals surface area contributed by atoms with Crippen molar-refractivity contribution >= 4 is 27.7 Å². The molecule has 248 valence electrons. The summed E-state index contributed by atoms with van der Waals surface area (Å²) in [5.74, 6) is 1.55. The van der Waals surface area contributed by atoms with E-state index in [4.69, 9.17) is 14.7 Å². The molecule has 0 spiro atoms. The molecule has 0 saturated heterocycles. The quantitative estimate of drug-likeness (QED) is 0.139. The molecule has 4 nitrogen and oxygen atoms in total. The number of aliphatic imine (C=N–C) groups is 1. The first-order valence-electron chi connectivity index (χ1n) is 17.2. The van der Waals surface area contributed by atoms with Gasteiger partial charge in [-0.1, -0.05) is 96.0 Å². The summed E-state index contributed by atoms with van der Waals surface area (Å²) in [6, 6.07) is 27.5. The first-order valence-corrected chi connectivity index (χ1v) is 17.2. The van der Waals surface area contributed by atoms with E-state index in [1.807, 2.05) is 6.20 Å². The van der Waals surface area contributed by atoms with Gasteiger partial charge in [0.05, 0.1) is 5.54 Å². The Hall–Kier alpha value is -3.23. The maximum absolute atomic E-state index is 6.44. The molecule has 2 aromatic heterocycles. The van der Waals surface area contributed by atoms with Gasteiger partial charge in [-0.3, -0.25) is 4.99 Å². The summed E-state index contributed by atoms with van der Waals surface area (Å²) in [4.78, 5) is 10.1. The van der Waals surface area contributed by atoms with E-state index in [1.165, 1.54) is 27.5 Å². The number of nitrogens with zero attached hydrogens (tertiary/aromatic N) is 3. The monoisotopic (exact) mass is 806 g/mol. The molecule has 0 amide bonds. The van der Waals surface area contributed by atoms with Crippen LogP contribution in [0.3, 0.4) is 0 Å². The fraction of sp³-hybridized carbons (Fsp3) is 0.429. The van der Waals surface area contributed by atoms with Crippen LogP contribution in [0.5, 0.6) is 0 Å². The van der Waals surface area contributed by atoms with Gasteiger partial charge in [-0.2, -0.15) is 0 Å². The van der Waals surface area contributed by atoms with Gasteiger partial charge in [0, 0.05) is 11.7 Å². The molecule has 0 aliphatic carbocycles. The number of aromatic nitrogens is 2.